The zero-order valence-electron chi connectivity index (χ0n) is 17.4. The number of carbonyl (C=O) groups excluding carboxylic acids is 1. The van der Waals surface area contributed by atoms with E-state index < -0.39 is 0 Å². The highest BCUT2D eigenvalue weighted by Gasteiger charge is 2.20. The van der Waals surface area contributed by atoms with Crippen molar-refractivity contribution in [3.8, 4) is 5.75 Å². The Hall–Kier alpha value is -3.38. The highest BCUT2D eigenvalue weighted by Crippen LogP contribution is 2.26. The van der Waals surface area contributed by atoms with Crippen LogP contribution in [0.25, 0.3) is 0 Å². The van der Waals surface area contributed by atoms with Gasteiger partial charge in [-0.15, -0.1) is 0 Å². The molecular formula is C25H25FN2O3. The minimum absolute atomic E-state index is 0.160. The topological polar surface area (TPSA) is 50.8 Å². The highest BCUT2D eigenvalue weighted by molar-refractivity contribution is 5.90. The first-order valence-electron chi connectivity index (χ1n) is 10.3. The molecule has 0 aliphatic carbocycles. The van der Waals surface area contributed by atoms with Crippen molar-refractivity contribution in [2.75, 3.05) is 18.5 Å². The molecule has 160 valence electrons. The molecule has 3 aromatic carbocycles. The van der Waals surface area contributed by atoms with Gasteiger partial charge in [-0.2, -0.15) is 0 Å². The maximum Gasteiger partial charge on any atom is 0.322 e. The summed E-state index contributed by atoms with van der Waals surface area (Å²) in [7, 11) is 0. The molecule has 0 spiro atoms. The van der Waals surface area contributed by atoms with Gasteiger partial charge in [-0.1, -0.05) is 42.5 Å². The molecule has 0 unspecified atom stereocenters. The fourth-order valence-corrected chi connectivity index (χ4v) is 3.51. The van der Waals surface area contributed by atoms with Crippen molar-refractivity contribution >= 4 is 11.7 Å². The van der Waals surface area contributed by atoms with Gasteiger partial charge in [-0.3, -0.25) is 0 Å². The number of fused-ring (bicyclic) bond motifs is 1. The first-order chi connectivity index (χ1) is 15.1. The van der Waals surface area contributed by atoms with Crippen LogP contribution >= 0.6 is 0 Å². The first kappa shape index (κ1) is 20.9. The maximum absolute atomic E-state index is 13.7. The number of ether oxygens (including phenoxy) is 2. The Labute approximate surface area is 181 Å². The molecule has 3 aromatic rings. The number of para-hydroxylation sites is 1. The van der Waals surface area contributed by atoms with Crippen LogP contribution in [0, 0.1) is 12.7 Å². The number of nitrogens with one attached hydrogen (secondary N) is 1. The predicted molar refractivity (Wildman–Crippen MR) is 117 cm³/mol. The fourth-order valence-electron chi connectivity index (χ4n) is 3.51. The molecule has 4 rings (SSSR count). The SMILES string of the molecule is Cc1ccccc1NC(=O)N1CCOc2ccc(COCc3ccccc3F)cc2C1. The molecule has 6 heteroatoms. The number of anilines is 1. The average Bonchev–Trinajstić information content (AvgIpc) is 2.99. The quantitative estimate of drug-likeness (QED) is 0.611. The van der Waals surface area contributed by atoms with E-state index in [1.165, 1.54) is 6.07 Å². The summed E-state index contributed by atoms with van der Waals surface area (Å²) in [5, 5.41) is 2.98. The van der Waals surface area contributed by atoms with E-state index in [2.05, 4.69) is 5.32 Å². The van der Waals surface area contributed by atoms with Crippen molar-refractivity contribution in [1.29, 1.82) is 0 Å². The molecule has 31 heavy (non-hydrogen) atoms. The number of nitrogens with zero attached hydrogens (tertiary/aromatic N) is 1. The Balaban J connectivity index is 1.41. The summed E-state index contributed by atoms with van der Waals surface area (Å²) in [6.07, 6.45) is 0. The molecule has 1 aliphatic heterocycles. The molecule has 0 aromatic heterocycles. The van der Waals surface area contributed by atoms with Crippen LogP contribution in [-0.4, -0.2) is 24.1 Å². The molecule has 0 saturated carbocycles. The number of urea groups is 1. The van der Waals surface area contributed by atoms with Crippen molar-refractivity contribution < 1.29 is 18.7 Å². The number of hydrogen-bond acceptors (Lipinski definition) is 3. The van der Waals surface area contributed by atoms with E-state index in [-0.39, 0.29) is 18.5 Å². The van der Waals surface area contributed by atoms with Crippen molar-refractivity contribution in [2.24, 2.45) is 0 Å². The minimum Gasteiger partial charge on any atom is -0.491 e. The smallest absolute Gasteiger partial charge is 0.322 e. The third-order valence-corrected chi connectivity index (χ3v) is 5.26. The summed E-state index contributed by atoms with van der Waals surface area (Å²) < 4.78 is 25.3. The number of halogens is 1. The number of aryl methyl sites for hydroxylation is 1. The second kappa shape index (κ2) is 9.62. The van der Waals surface area contributed by atoms with Crippen LogP contribution in [0.15, 0.2) is 66.7 Å². The van der Waals surface area contributed by atoms with Gasteiger partial charge in [0.2, 0.25) is 0 Å². The standard InChI is InChI=1S/C25H25FN2O3/c1-18-6-2-5-9-23(18)27-25(29)28-12-13-31-24-11-10-19(14-21(24)15-28)16-30-17-20-7-3-4-8-22(20)26/h2-11,14H,12-13,15-17H2,1H3,(H,27,29). The molecule has 2 amide bonds. The highest BCUT2D eigenvalue weighted by atomic mass is 19.1. The van der Waals surface area contributed by atoms with E-state index in [4.69, 9.17) is 9.47 Å². The number of amides is 2. The molecule has 1 aliphatic rings. The summed E-state index contributed by atoms with van der Waals surface area (Å²) in [6.45, 7) is 3.86. The van der Waals surface area contributed by atoms with Gasteiger partial charge in [0.25, 0.3) is 0 Å². The number of carbonyl (C=O) groups is 1. The van der Waals surface area contributed by atoms with Gasteiger partial charge in [0.15, 0.2) is 0 Å². The van der Waals surface area contributed by atoms with Crippen LogP contribution in [0.5, 0.6) is 5.75 Å². The van der Waals surface area contributed by atoms with E-state index in [1.807, 2.05) is 49.4 Å². The molecule has 0 saturated heterocycles. The Bertz CT molecular complexity index is 1070. The number of rotatable bonds is 5. The molecule has 1 N–H and O–H groups in total. The summed E-state index contributed by atoms with van der Waals surface area (Å²) >= 11 is 0. The second-order valence-electron chi connectivity index (χ2n) is 7.54. The lowest BCUT2D eigenvalue weighted by molar-refractivity contribution is 0.105. The van der Waals surface area contributed by atoms with Gasteiger partial charge < -0.3 is 19.7 Å². The van der Waals surface area contributed by atoms with Crippen LogP contribution in [0.2, 0.25) is 0 Å². The van der Waals surface area contributed by atoms with Crippen molar-refractivity contribution in [3.63, 3.8) is 0 Å². The van der Waals surface area contributed by atoms with E-state index in [0.29, 0.717) is 31.9 Å². The third kappa shape index (κ3) is 5.22. The van der Waals surface area contributed by atoms with Gasteiger partial charge in [-0.05, 0) is 42.3 Å². The molecule has 0 fully saturated rings. The fraction of sp³-hybridized carbons (Fsp3) is 0.240. The van der Waals surface area contributed by atoms with Crippen LogP contribution in [-0.2, 0) is 24.5 Å². The van der Waals surface area contributed by atoms with Crippen molar-refractivity contribution in [3.05, 3.63) is 94.8 Å². The first-order valence-corrected chi connectivity index (χ1v) is 10.3. The predicted octanol–water partition coefficient (Wildman–Crippen LogP) is 5.28. The van der Waals surface area contributed by atoms with Crippen LogP contribution in [0.1, 0.15) is 22.3 Å². The lowest BCUT2D eigenvalue weighted by Gasteiger charge is -2.21. The van der Waals surface area contributed by atoms with Gasteiger partial charge in [-0.25, -0.2) is 9.18 Å². The zero-order chi connectivity index (χ0) is 21.6. The maximum atomic E-state index is 13.7. The van der Waals surface area contributed by atoms with Crippen LogP contribution in [0.4, 0.5) is 14.9 Å². The van der Waals surface area contributed by atoms with Crippen molar-refractivity contribution in [1.82, 2.24) is 4.90 Å². The molecule has 0 atom stereocenters. The monoisotopic (exact) mass is 420 g/mol. The number of hydrogen-bond donors (Lipinski definition) is 1. The van der Waals surface area contributed by atoms with E-state index in [0.717, 1.165) is 28.1 Å². The van der Waals surface area contributed by atoms with Gasteiger partial charge >= 0.3 is 6.03 Å². The van der Waals surface area contributed by atoms with Gasteiger partial charge in [0, 0.05) is 16.8 Å². The zero-order valence-corrected chi connectivity index (χ0v) is 17.4. The lowest BCUT2D eigenvalue weighted by atomic mass is 10.1. The lowest BCUT2D eigenvalue weighted by Crippen LogP contribution is -2.36. The van der Waals surface area contributed by atoms with Gasteiger partial charge in [0.05, 0.1) is 26.3 Å². The summed E-state index contributed by atoms with van der Waals surface area (Å²) in [6, 6.07) is 19.9. The summed E-state index contributed by atoms with van der Waals surface area (Å²) in [5.41, 5.74) is 4.20. The molecule has 5 nitrogen and oxygen atoms in total. The molecule has 0 bridgehead atoms. The largest absolute Gasteiger partial charge is 0.491 e. The number of benzene rings is 3. The van der Waals surface area contributed by atoms with Crippen molar-refractivity contribution in [2.45, 2.75) is 26.7 Å². The Morgan fingerprint density at radius 2 is 1.90 bits per heavy atom. The Kier molecular flexibility index (Phi) is 6.48. The van der Waals surface area contributed by atoms with E-state index in [1.54, 1.807) is 23.1 Å². The summed E-state index contributed by atoms with van der Waals surface area (Å²) in [4.78, 5) is 14.6. The van der Waals surface area contributed by atoms with Crippen LogP contribution in [0.3, 0.4) is 0 Å². The molecule has 0 radical (unpaired) electrons. The third-order valence-electron chi connectivity index (χ3n) is 5.26. The van der Waals surface area contributed by atoms with Gasteiger partial charge in [0.1, 0.15) is 18.2 Å². The average molecular weight is 420 g/mol. The van der Waals surface area contributed by atoms with Crippen LogP contribution < -0.4 is 10.1 Å². The Morgan fingerprint density at radius 3 is 2.74 bits per heavy atom. The van der Waals surface area contributed by atoms with E-state index in [9.17, 15) is 9.18 Å². The van der Waals surface area contributed by atoms with E-state index >= 15 is 0 Å². The molecule has 1 heterocycles. The normalized spacial score (nSPS) is 13.2. The Morgan fingerprint density at radius 1 is 1.10 bits per heavy atom. The second-order valence-corrected chi connectivity index (χ2v) is 7.54. The summed E-state index contributed by atoms with van der Waals surface area (Å²) in [5.74, 6) is 0.497. The molecular weight excluding hydrogens is 395 g/mol. The minimum atomic E-state index is -0.270.